The molecule has 0 spiro atoms. The van der Waals surface area contributed by atoms with Crippen molar-refractivity contribution in [1.82, 2.24) is 0 Å². The minimum Gasteiger partial charge on any atom is -0.550 e. The fourth-order valence-electron chi connectivity index (χ4n) is 8.45. The molecule has 0 aliphatic heterocycles. The number of carbonyl (C=O) groups excluding carboxylic acids is 1. The van der Waals surface area contributed by atoms with E-state index >= 15 is 35.1 Å². The molecule has 0 radical (unpaired) electrons. The van der Waals surface area contributed by atoms with Crippen molar-refractivity contribution in [2.24, 2.45) is 0 Å². The standard InChI is InChI=1S/C24BF20.2C9H21P.C2H3N.C2H4O2.Pd/c26-5-1(6(27)14(35)21(42)13(5)34)25(2-7(28)15(36)22(43)16(37)8(2)29,3-9(30)17(38)23(44)18(39)10(3)31)4-11(32)19(40)24(45)20(41)12(4)33;2*1-7(2)10(8(3)4)9(5)6;1-2-3;1-2(3)4;/h;2*7-9H,1-6H3;1H3;1H3,(H,3,4);/q-1;;;;;+2/p-1. The van der Waals surface area contributed by atoms with Gasteiger partial charge in [-0.1, -0.05) is 98.9 Å². The van der Waals surface area contributed by atoms with Gasteiger partial charge in [-0.2, -0.15) is 5.26 Å². The minimum absolute atomic E-state index is 0. The zero-order valence-corrected chi connectivity index (χ0v) is 44.4. The fourth-order valence-corrected chi connectivity index (χ4v) is 15.6. The average Bonchev–Trinajstić information content (AvgIpc) is 3.26. The molecule has 73 heavy (non-hydrogen) atoms. The van der Waals surface area contributed by atoms with Gasteiger partial charge >= 0.3 is 20.4 Å². The van der Waals surface area contributed by atoms with Crippen LogP contribution in [0.4, 0.5) is 87.8 Å². The van der Waals surface area contributed by atoms with Gasteiger partial charge in [0.2, 0.25) is 0 Å². The Hall–Kier alpha value is -3.97. The first kappa shape index (κ1) is 71.1. The number of benzene rings is 4. The largest absolute Gasteiger partial charge is 2.00 e. The molecule has 0 N–H and O–H groups in total. The van der Waals surface area contributed by atoms with Gasteiger partial charge in [0.25, 0.3) is 0 Å². The topological polar surface area (TPSA) is 63.9 Å². The molecule has 0 unspecified atom stereocenters. The summed E-state index contributed by atoms with van der Waals surface area (Å²) in [6.45, 7) is 30.6. The monoisotopic (exact) mass is 1210 g/mol. The van der Waals surface area contributed by atoms with E-state index in [1.54, 1.807) is 6.07 Å². The van der Waals surface area contributed by atoms with E-state index in [2.05, 4.69) is 83.1 Å². The molecule has 27 heteroatoms. The molecule has 0 bridgehead atoms. The Labute approximate surface area is 425 Å². The average molecular weight is 1210 g/mol. The van der Waals surface area contributed by atoms with Crippen molar-refractivity contribution in [3.8, 4) is 6.07 Å². The minimum atomic E-state index is -7.22. The van der Waals surface area contributed by atoms with Gasteiger partial charge in [0, 0.05) is 12.9 Å². The van der Waals surface area contributed by atoms with Gasteiger partial charge < -0.3 is 9.90 Å². The summed E-state index contributed by atoms with van der Waals surface area (Å²) >= 11 is 0. The summed E-state index contributed by atoms with van der Waals surface area (Å²) in [6, 6.07) is 1.75. The van der Waals surface area contributed by atoms with Gasteiger partial charge in [-0.25, -0.2) is 87.8 Å². The van der Waals surface area contributed by atoms with E-state index in [1.165, 1.54) is 6.92 Å². The van der Waals surface area contributed by atoms with Gasteiger partial charge in [0.1, 0.15) is 52.7 Å². The summed E-state index contributed by atoms with van der Waals surface area (Å²) in [4.78, 5) is 8.89. The maximum Gasteiger partial charge on any atom is 2.00 e. The number of carboxylic acids is 1. The molecule has 0 saturated heterocycles. The molecule has 412 valence electrons. The third kappa shape index (κ3) is 15.1. The first-order chi connectivity index (χ1) is 32.8. The Kier molecular flexibility index (Phi) is 28.6. The number of nitriles is 1. The van der Waals surface area contributed by atoms with E-state index in [-0.39, 0.29) is 36.3 Å². The molecule has 0 aliphatic rings. The molecule has 0 aromatic heterocycles. The van der Waals surface area contributed by atoms with E-state index in [0.29, 0.717) is 0 Å². The Morgan fingerprint density at radius 1 is 0.356 bits per heavy atom. The Morgan fingerprint density at radius 2 is 0.438 bits per heavy atom. The molecule has 4 aromatic carbocycles. The van der Waals surface area contributed by atoms with Gasteiger partial charge in [-0.15, -0.1) is 21.9 Å². The van der Waals surface area contributed by atoms with Crippen molar-refractivity contribution < 1.29 is 118 Å². The number of aliphatic carboxylic acids is 1. The molecule has 3 nitrogen and oxygen atoms in total. The number of carboxylic acid groups (broad SMARTS) is 1. The Morgan fingerprint density at radius 3 is 0.507 bits per heavy atom. The van der Waals surface area contributed by atoms with Crippen molar-refractivity contribution in [1.29, 1.82) is 5.26 Å². The van der Waals surface area contributed by atoms with Crippen LogP contribution < -0.4 is 27.0 Å². The molecular weight excluding hydrogens is 1160 g/mol. The van der Waals surface area contributed by atoms with Gasteiger partial charge in [-0.05, 0) is 40.9 Å². The molecule has 4 aromatic rings. The van der Waals surface area contributed by atoms with E-state index in [1.807, 2.05) is 0 Å². The number of carbonyl (C=O) groups is 1. The normalized spacial score (nSPS) is 11.3. The molecule has 4 rings (SSSR count). The van der Waals surface area contributed by atoms with Crippen LogP contribution in [0.3, 0.4) is 0 Å². The maximum absolute atomic E-state index is 15.4. The molecule has 0 amide bonds. The number of nitrogens with zero attached hydrogens (tertiary/aromatic N) is 1. The summed E-state index contributed by atoms with van der Waals surface area (Å²) in [5.41, 5.74) is -8.94. The second kappa shape index (κ2) is 29.4. The first-order valence-electron chi connectivity index (χ1n) is 21.0. The number of halogens is 20. The van der Waals surface area contributed by atoms with Gasteiger partial charge in [-0.3, -0.25) is 0 Å². The van der Waals surface area contributed by atoms with Crippen molar-refractivity contribution in [3.05, 3.63) is 116 Å². The van der Waals surface area contributed by atoms with Crippen LogP contribution >= 0.6 is 15.8 Å². The third-order valence-electron chi connectivity index (χ3n) is 10.3. The van der Waals surface area contributed by atoms with Crippen LogP contribution in [0.25, 0.3) is 0 Å². The predicted octanol–water partition coefficient (Wildman–Crippen LogP) is 12.5. The van der Waals surface area contributed by atoms with Gasteiger partial charge in [0.05, 0.1) is 6.07 Å². The van der Waals surface area contributed by atoms with E-state index in [9.17, 15) is 52.7 Å². The van der Waals surface area contributed by atoms with Crippen LogP contribution in [0.1, 0.15) is 96.9 Å². The van der Waals surface area contributed by atoms with Gasteiger partial charge in [0.15, 0.2) is 69.8 Å². The predicted molar refractivity (Wildman–Crippen MR) is 236 cm³/mol. The summed E-state index contributed by atoms with van der Waals surface area (Å²) in [5.74, 6) is -72.5. The van der Waals surface area contributed by atoms with Crippen LogP contribution in [-0.4, -0.2) is 46.1 Å². The van der Waals surface area contributed by atoms with Crippen LogP contribution in [0, 0.1) is 128 Å². The number of hydrogen-bond donors (Lipinski definition) is 0. The fraction of sp³-hybridized carbons (Fsp3) is 0.435. The molecule has 0 saturated carbocycles. The van der Waals surface area contributed by atoms with Crippen LogP contribution in [-0.2, 0) is 25.2 Å². The summed E-state index contributed by atoms with van der Waals surface area (Å²) in [6.07, 6.45) is -7.22. The first-order valence-corrected chi connectivity index (χ1v) is 24.1. The summed E-state index contributed by atoms with van der Waals surface area (Å²) in [5, 5.41) is 16.2. The van der Waals surface area contributed by atoms with Crippen molar-refractivity contribution in [3.63, 3.8) is 0 Å². The molecule has 0 atom stereocenters. The van der Waals surface area contributed by atoms with Crippen molar-refractivity contribution in [2.45, 2.75) is 131 Å². The number of rotatable bonds is 10. The molecule has 0 aliphatic carbocycles. The van der Waals surface area contributed by atoms with E-state index in [4.69, 9.17) is 15.2 Å². The zero-order chi connectivity index (χ0) is 57.3. The second-order valence-corrected chi connectivity index (χ2v) is 25.0. The van der Waals surface area contributed by atoms with Crippen LogP contribution in [0.5, 0.6) is 0 Å². The van der Waals surface area contributed by atoms with Crippen LogP contribution in [0.15, 0.2) is 0 Å². The Balaban J connectivity index is 0. The quantitative estimate of drug-likeness (QED) is 0.0523. The molecule has 0 fully saturated rings. The smallest absolute Gasteiger partial charge is 0.550 e. The van der Waals surface area contributed by atoms with Crippen LogP contribution in [0.2, 0.25) is 0 Å². The molecular formula is C46H48BF20NO2P2Pd. The maximum atomic E-state index is 15.4. The third-order valence-corrected chi connectivity index (χ3v) is 17.4. The SMILES string of the molecule is CC#N.CC(=O)[O-].CC(C)P(C(C)C)C(C)C.CC(C)P(C(C)C)C(C)C.Fc1c(F)c(F)c([B-](c2c(F)c(F)c(F)c(F)c2F)(c2c(F)c(F)c(F)c(F)c2F)c2c(F)c(F)c(F)c(F)c2F)c(F)c1F.[Pd+2]. The van der Waals surface area contributed by atoms with E-state index in [0.717, 1.165) is 40.9 Å². The molecule has 0 heterocycles. The Bertz CT molecular complexity index is 2160. The summed E-state index contributed by atoms with van der Waals surface area (Å²) in [7, 11) is 0.525. The van der Waals surface area contributed by atoms with E-state index < -0.39 is 150 Å². The van der Waals surface area contributed by atoms with Crippen molar-refractivity contribution >= 4 is 49.8 Å². The number of hydrogen-bond acceptors (Lipinski definition) is 3. The summed E-state index contributed by atoms with van der Waals surface area (Å²) < 4.78 is 294. The van der Waals surface area contributed by atoms with Crippen molar-refractivity contribution in [2.75, 3.05) is 0 Å². The second-order valence-electron chi connectivity index (χ2n) is 17.0. The zero-order valence-electron chi connectivity index (χ0n) is 41.1.